The maximum atomic E-state index is 13.1. The number of anilines is 1. The molecule has 4 rings (SSSR count). The fourth-order valence-corrected chi connectivity index (χ4v) is 3.97. The van der Waals surface area contributed by atoms with E-state index >= 15 is 0 Å². The lowest BCUT2D eigenvalue weighted by Crippen LogP contribution is -2.52. The number of likely N-dealkylation sites (tertiary alicyclic amines) is 1. The predicted octanol–water partition coefficient (Wildman–Crippen LogP) is 1.84. The number of piperidine rings is 1. The van der Waals surface area contributed by atoms with Crippen molar-refractivity contribution < 1.29 is 9.59 Å². The van der Waals surface area contributed by atoms with E-state index in [-0.39, 0.29) is 11.8 Å². The van der Waals surface area contributed by atoms with Crippen LogP contribution < -0.4 is 10.6 Å². The lowest BCUT2D eigenvalue weighted by atomic mass is 9.87. The Morgan fingerprint density at radius 3 is 2.41 bits per heavy atom. The first-order chi connectivity index (χ1) is 13.2. The van der Waals surface area contributed by atoms with Gasteiger partial charge in [-0.15, -0.1) is 0 Å². The van der Waals surface area contributed by atoms with Crippen molar-refractivity contribution in [3.63, 3.8) is 0 Å². The highest BCUT2D eigenvalue weighted by molar-refractivity contribution is 5.98. The van der Waals surface area contributed by atoms with Crippen molar-refractivity contribution >= 4 is 17.5 Å². The quantitative estimate of drug-likeness (QED) is 0.864. The zero-order valence-electron chi connectivity index (χ0n) is 15.4. The van der Waals surface area contributed by atoms with E-state index in [1.165, 1.54) is 0 Å². The van der Waals surface area contributed by atoms with Crippen molar-refractivity contribution in [1.82, 2.24) is 20.0 Å². The standard InChI is InChI=1S/C20H25N5O2/c26-18(24-13-1-2-14-24)16-4-6-17(7-5-16)23-19(27)20(8-11-21-12-9-20)25-15-3-10-22-25/h3-7,10,15,21H,1-2,8-9,11-14H2,(H,23,27). The summed E-state index contributed by atoms with van der Waals surface area (Å²) in [6, 6.07) is 9.03. The molecule has 0 bridgehead atoms. The molecule has 0 aliphatic carbocycles. The van der Waals surface area contributed by atoms with Crippen LogP contribution in [0.4, 0.5) is 5.69 Å². The Hall–Kier alpha value is -2.67. The summed E-state index contributed by atoms with van der Waals surface area (Å²) in [7, 11) is 0. The second-order valence-electron chi connectivity index (χ2n) is 7.26. The van der Waals surface area contributed by atoms with E-state index in [4.69, 9.17) is 0 Å². The SMILES string of the molecule is O=C(c1ccc(NC(=O)C2(n3cccn3)CCNCC2)cc1)N1CCCC1. The Morgan fingerprint density at radius 1 is 1.07 bits per heavy atom. The minimum atomic E-state index is -0.682. The second kappa shape index (κ2) is 7.52. The predicted molar refractivity (Wildman–Crippen MR) is 103 cm³/mol. The number of carbonyl (C=O) groups excluding carboxylic acids is 2. The highest BCUT2D eigenvalue weighted by atomic mass is 16.2. The maximum absolute atomic E-state index is 13.1. The van der Waals surface area contributed by atoms with Crippen LogP contribution in [0.15, 0.2) is 42.7 Å². The van der Waals surface area contributed by atoms with Crippen LogP contribution >= 0.6 is 0 Å². The molecule has 2 aliphatic heterocycles. The van der Waals surface area contributed by atoms with Gasteiger partial charge in [-0.1, -0.05) is 0 Å². The summed E-state index contributed by atoms with van der Waals surface area (Å²) in [5.74, 6) is 0.00284. The lowest BCUT2D eigenvalue weighted by molar-refractivity contribution is -0.126. The van der Waals surface area contributed by atoms with Gasteiger partial charge in [0.2, 0.25) is 0 Å². The molecule has 7 heteroatoms. The number of hydrogen-bond acceptors (Lipinski definition) is 4. The summed E-state index contributed by atoms with van der Waals surface area (Å²) in [6.07, 6.45) is 7.07. The summed E-state index contributed by atoms with van der Waals surface area (Å²) in [6.45, 7) is 3.21. The summed E-state index contributed by atoms with van der Waals surface area (Å²) in [5, 5.41) is 10.7. The van der Waals surface area contributed by atoms with Gasteiger partial charge < -0.3 is 15.5 Å². The number of hydrogen-bond donors (Lipinski definition) is 2. The first kappa shape index (κ1) is 17.7. The molecule has 3 heterocycles. The van der Waals surface area contributed by atoms with Crippen LogP contribution in [0.1, 0.15) is 36.0 Å². The molecular weight excluding hydrogens is 342 g/mol. The van der Waals surface area contributed by atoms with Gasteiger partial charge in [-0.05, 0) is 69.1 Å². The topological polar surface area (TPSA) is 79.3 Å². The Morgan fingerprint density at radius 2 is 1.78 bits per heavy atom. The van der Waals surface area contributed by atoms with E-state index in [1.54, 1.807) is 35.1 Å². The Labute approximate surface area is 158 Å². The minimum Gasteiger partial charge on any atom is -0.339 e. The highest BCUT2D eigenvalue weighted by Gasteiger charge is 2.42. The molecular formula is C20H25N5O2. The van der Waals surface area contributed by atoms with Gasteiger partial charge in [0.15, 0.2) is 0 Å². The normalized spacial score (nSPS) is 19.0. The zero-order chi connectivity index (χ0) is 18.7. The average molecular weight is 367 g/mol. The van der Waals surface area contributed by atoms with E-state index < -0.39 is 5.54 Å². The third-order valence-corrected chi connectivity index (χ3v) is 5.58. The number of rotatable bonds is 4. The summed E-state index contributed by atoms with van der Waals surface area (Å²) >= 11 is 0. The van der Waals surface area contributed by atoms with Crippen LogP contribution in [0.3, 0.4) is 0 Å². The Balaban J connectivity index is 1.49. The van der Waals surface area contributed by atoms with Gasteiger partial charge in [0.1, 0.15) is 5.54 Å². The molecule has 2 fully saturated rings. The first-order valence-corrected chi connectivity index (χ1v) is 9.61. The lowest BCUT2D eigenvalue weighted by Gasteiger charge is -2.36. The van der Waals surface area contributed by atoms with E-state index in [1.807, 2.05) is 17.2 Å². The molecule has 2 aliphatic rings. The van der Waals surface area contributed by atoms with Crippen LogP contribution in [0.25, 0.3) is 0 Å². The molecule has 0 saturated carbocycles. The summed E-state index contributed by atoms with van der Waals surface area (Å²) in [5.41, 5.74) is 0.681. The van der Waals surface area contributed by atoms with Gasteiger partial charge in [-0.3, -0.25) is 14.3 Å². The number of carbonyl (C=O) groups is 2. The average Bonchev–Trinajstić information content (AvgIpc) is 3.43. The van der Waals surface area contributed by atoms with Crippen molar-refractivity contribution in [2.75, 3.05) is 31.5 Å². The van der Waals surface area contributed by atoms with E-state index in [9.17, 15) is 9.59 Å². The number of aromatic nitrogens is 2. The van der Waals surface area contributed by atoms with Crippen molar-refractivity contribution in [1.29, 1.82) is 0 Å². The molecule has 1 aromatic heterocycles. The van der Waals surface area contributed by atoms with Crippen molar-refractivity contribution in [2.45, 2.75) is 31.2 Å². The van der Waals surface area contributed by atoms with Crippen LogP contribution in [0.2, 0.25) is 0 Å². The molecule has 27 heavy (non-hydrogen) atoms. The number of nitrogens with one attached hydrogen (secondary N) is 2. The molecule has 1 aromatic carbocycles. The monoisotopic (exact) mass is 367 g/mol. The van der Waals surface area contributed by atoms with Crippen LogP contribution in [0.5, 0.6) is 0 Å². The molecule has 2 N–H and O–H groups in total. The third-order valence-electron chi connectivity index (χ3n) is 5.58. The van der Waals surface area contributed by atoms with Gasteiger partial charge in [0.05, 0.1) is 0 Å². The fourth-order valence-electron chi connectivity index (χ4n) is 3.97. The Bertz CT molecular complexity index is 788. The number of benzene rings is 1. The van der Waals surface area contributed by atoms with Gasteiger partial charge in [0, 0.05) is 36.7 Å². The van der Waals surface area contributed by atoms with Gasteiger partial charge in [-0.2, -0.15) is 5.10 Å². The smallest absolute Gasteiger partial charge is 0.253 e. The molecule has 2 aromatic rings. The maximum Gasteiger partial charge on any atom is 0.253 e. The fraction of sp³-hybridized carbons (Fsp3) is 0.450. The Kier molecular flexibility index (Phi) is 4.94. The molecule has 142 valence electrons. The highest BCUT2D eigenvalue weighted by Crippen LogP contribution is 2.29. The minimum absolute atomic E-state index is 0.0636. The largest absolute Gasteiger partial charge is 0.339 e. The van der Waals surface area contributed by atoms with Crippen LogP contribution in [-0.4, -0.2) is 52.7 Å². The van der Waals surface area contributed by atoms with Crippen molar-refractivity contribution in [2.24, 2.45) is 0 Å². The zero-order valence-corrected chi connectivity index (χ0v) is 15.4. The van der Waals surface area contributed by atoms with Gasteiger partial charge in [0.25, 0.3) is 11.8 Å². The third kappa shape index (κ3) is 3.47. The first-order valence-electron chi connectivity index (χ1n) is 9.61. The molecule has 0 atom stereocenters. The second-order valence-corrected chi connectivity index (χ2v) is 7.26. The van der Waals surface area contributed by atoms with E-state index in [0.29, 0.717) is 24.1 Å². The number of nitrogens with zero attached hydrogens (tertiary/aromatic N) is 3. The van der Waals surface area contributed by atoms with Crippen LogP contribution in [0, 0.1) is 0 Å². The summed E-state index contributed by atoms with van der Waals surface area (Å²) in [4.78, 5) is 27.5. The molecule has 0 spiro atoms. The number of amides is 2. The van der Waals surface area contributed by atoms with E-state index in [0.717, 1.165) is 39.0 Å². The molecule has 0 unspecified atom stereocenters. The van der Waals surface area contributed by atoms with Crippen molar-refractivity contribution in [3.8, 4) is 0 Å². The van der Waals surface area contributed by atoms with Gasteiger partial charge >= 0.3 is 0 Å². The molecule has 2 saturated heterocycles. The molecule has 2 amide bonds. The molecule has 7 nitrogen and oxygen atoms in total. The van der Waals surface area contributed by atoms with Gasteiger partial charge in [-0.25, -0.2) is 0 Å². The summed E-state index contributed by atoms with van der Waals surface area (Å²) < 4.78 is 1.77. The molecule has 0 radical (unpaired) electrons. The van der Waals surface area contributed by atoms with Crippen LogP contribution in [-0.2, 0) is 10.3 Å². The van der Waals surface area contributed by atoms with Crippen molar-refractivity contribution in [3.05, 3.63) is 48.3 Å². The van der Waals surface area contributed by atoms with E-state index in [2.05, 4.69) is 15.7 Å².